The van der Waals surface area contributed by atoms with Gasteiger partial charge in [-0.1, -0.05) is 26.0 Å². The minimum absolute atomic E-state index is 0. The number of piperazine rings is 1. The maximum absolute atomic E-state index is 10.5. The minimum Gasteiger partial charge on any atom is -0.495 e. The molecule has 0 aliphatic carbocycles. The van der Waals surface area contributed by atoms with Gasteiger partial charge in [0.1, 0.15) is 5.75 Å². The number of ether oxygens (including phenoxy) is 1. The molecule has 1 aliphatic rings. The van der Waals surface area contributed by atoms with Crippen LogP contribution in [0.5, 0.6) is 5.75 Å². The molecule has 1 heterocycles. The Hall–Kier alpha value is -1.22. The van der Waals surface area contributed by atoms with Crippen LogP contribution in [0.1, 0.15) is 33.6 Å². The van der Waals surface area contributed by atoms with Crippen LogP contribution < -0.4 is 15.0 Å². The second-order valence-electron chi connectivity index (χ2n) is 6.75. The van der Waals surface area contributed by atoms with E-state index in [9.17, 15) is 5.11 Å². The number of rotatable bonds is 7. The number of aliphatic hydroxyl groups is 1. The average molecular weight is 490 g/mol. The van der Waals surface area contributed by atoms with Gasteiger partial charge in [0.15, 0.2) is 5.96 Å². The monoisotopic (exact) mass is 490 g/mol. The number of para-hydroxylation sites is 2. The van der Waals surface area contributed by atoms with Gasteiger partial charge in [0.05, 0.1) is 24.9 Å². The zero-order chi connectivity index (χ0) is 19.0. The van der Waals surface area contributed by atoms with Crippen molar-refractivity contribution in [3.8, 4) is 5.75 Å². The number of guanidine groups is 1. The molecule has 1 fully saturated rings. The van der Waals surface area contributed by atoms with Crippen molar-refractivity contribution in [3.63, 3.8) is 0 Å². The molecule has 0 atom stereocenters. The van der Waals surface area contributed by atoms with Gasteiger partial charge in [-0.15, -0.1) is 24.0 Å². The molecule has 0 amide bonds. The Morgan fingerprint density at radius 2 is 1.78 bits per heavy atom. The second-order valence-corrected chi connectivity index (χ2v) is 6.75. The topological polar surface area (TPSA) is 60.3 Å². The summed E-state index contributed by atoms with van der Waals surface area (Å²) in [7, 11) is 1.72. The first-order valence-corrected chi connectivity index (χ1v) is 9.70. The van der Waals surface area contributed by atoms with Crippen molar-refractivity contribution in [2.45, 2.75) is 39.2 Å². The summed E-state index contributed by atoms with van der Waals surface area (Å²) in [5, 5.41) is 13.9. The molecule has 7 heteroatoms. The Bertz CT molecular complexity index is 585. The zero-order valence-electron chi connectivity index (χ0n) is 17.1. The van der Waals surface area contributed by atoms with E-state index in [0.29, 0.717) is 19.4 Å². The second kappa shape index (κ2) is 11.6. The number of hydrogen-bond acceptors (Lipinski definition) is 4. The Balaban J connectivity index is 0.00000364. The number of nitrogens with zero attached hydrogens (tertiary/aromatic N) is 3. The van der Waals surface area contributed by atoms with Crippen molar-refractivity contribution >= 4 is 35.6 Å². The fraction of sp³-hybridized carbons (Fsp3) is 0.650. The normalized spacial score (nSPS) is 15.4. The molecule has 1 aliphatic heterocycles. The Morgan fingerprint density at radius 1 is 1.15 bits per heavy atom. The van der Waals surface area contributed by atoms with Crippen molar-refractivity contribution in [3.05, 3.63) is 24.3 Å². The number of aliphatic imine (C=N–C) groups is 1. The van der Waals surface area contributed by atoms with Crippen LogP contribution in [0, 0.1) is 0 Å². The van der Waals surface area contributed by atoms with Gasteiger partial charge in [0.25, 0.3) is 0 Å². The van der Waals surface area contributed by atoms with Gasteiger partial charge in [0.2, 0.25) is 0 Å². The summed E-state index contributed by atoms with van der Waals surface area (Å²) in [5.41, 5.74) is 0.433. The highest BCUT2D eigenvalue weighted by Gasteiger charge is 2.24. The van der Waals surface area contributed by atoms with Crippen molar-refractivity contribution in [2.24, 2.45) is 4.99 Å². The van der Waals surface area contributed by atoms with Gasteiger partial charge >= 0.3 is 0 Å². The van der Waals surface area contributed by atoms with E-state index in [4.69, 9.17) is 9.73 Å². The molecule has 0 aromatic heterocycles. The Kier molecular flexibility index (Phi) is 10.2. The molecular weight excluding hydrogens is 455 g/mol. The van der Waals surface area contributed by atoms with Crippen LogP contribution in [0.25, 0.3) is 0 Å². The summed E-state index contributed by atoms with van der Waals surface area (Å²) in [5.74, 6) is 1.81. The predicted molar refractivity (Wildman–Crippen MR) is 124 cm³/mol. The van der Waals surface area contributed by atoms with Crippen molar-refractivity contribution < 1.29 is 9.84 Å². The van der Waals surface area contributed by atoms with Crippen LogP contribution in [-0.4, -0.2) is 67.9 Å². The van der Waals surface area contributed by atoms with E-state index in [1.165, 1.54) is 0 Å². The quantitative estimate of drug-likeness (QED) is 0.350. The fourth-order valence-electron chi connectivity index (χ4n) is 3.17. The molecule has 27 heavy (non-hydrogen) atoms. The van der Waals surface area contributed by atoms with Crippen LogP contribution in [0.3, 0.4) is 0 Å². The Morgan fingerprint density at radius 3 is 2.33 bits per heavy atom. The summed E-state index contributed by atoms with van der Waals surface area (Å²) >= 11 is 0. The third-order valence-corrected chi connectivity index (χ3v) is 5.18. The first-order valence-electron chi connectivity index (χ1n) is 9.70. The van der Waals surface area contributed by atoms with E-state index in [0.717, 1.165) is 50.1 Å². The molecule has 0 radical (unpaired) electrons. The molecule has 0 spiro atoms. The van der Waals surface area contributed by atoms with Crippen molar-refractivity contribution in [2.75, 3.05) is 51.3 Å². The van der Waals surface area contributed by atoms with Gasteiger partial charge < -0.3 is 25.0 Å². The average Bonchev–Trinajstić information content (AvgIpc) is 2.71. The Labute approximate surface area is 181 Å². The van der Waals surface area contributed by atoms with E-state index in [1.54, 1.807) is 7.11 Å². The number of hydrogen-bond donors (Lipinski definition) is 2. The number of halogens is 1. The van der Waals surface area contributed by atoms with Crippen LogP contribution in [0.2, 0.25) is 0 Å². The molecule has 0 saturated carbocycles. The van der Waals surface area contributed by atoms with Gasteiger partial charge in [-0.3, -0.25) is 4.99 Å². The standard InChI is InChI=1S/C20H34N4O2.HI/c1-5-20(25,6-2)16-22-19(21-7-3)24-14-12-23(13-15-24)17-10-8-9-11-18(17)26-4;/h8-11,25H,5-7,12-16H2,1-4H3,(H,21,22);1H. The minimum atomic E-state index is -0.708. The van der Waals surface area contributed by atoms with Crippen LogP contribution >= 0.6 is 24.0 Å². The highest BCUT2D eigenvalue weighted by molar-refractivity contribution is 14.0. The largest absolute Gasteiger partial charge is 0.495 e. The lowest BCUT2D eigenvalue weighted by molar-refractivity contribution is 0.0415. The van der Waals surface area contributed by atoms with Gasteiger partial charge in [-0.2, -0.15) is 0 Å². The smallest absolute Gasteiger partial charge is 0.194 e. The van der Waals surface area contributed by atoms with Gasteiger partial charge in [-0.25, -0.2) is 0 Å². The van der Waals surface area contributed by atoms with Crippen LogP contribution in [0.15, 0.2) is 29.3 Å². The molecule has 2 N–H and O–H groups in total. The van der Waals surface area contributed by atoms with Gasteiger partial charge in [-0.05, 0) is 31.9 Å². The highest BCUT2D eigenvalue weighted by atomic mass is 127. The molecule has 0 unspecified atom stereocenters. The molecular formula is C20H35IN4O2. The van der Waals surface area contributed by atoms with Crippen molar-refractivity contribution in [1.82, 2.24) is 10.2 Å². The fourth-order valence-corrected chi connectivity index (χ4v) is 3.17. The maximum atomic E-state index is 10.5. The number of nitrogens with one attached hydrogen (secondary N) is 1. The first-order chi connectivity index (χ1) is 12.6. The summed E-state index contributed by atoms with van der Waals surface area (Å²) < 4.78 is 5.49. The van der Waals surface area contributed by atoms with Crippen molar-refractivity contribution in [1.29, 1.82) is 0 Å². The SMILES string of the molecule is CCNC(=NCC(O)(CC)CC)N1CCN(c2ccccc2OC)CC1.I. The molecule has 2 rings (SSSR count). The van der Waals surface area contributed by atoms with E-state index in [1.807, 2.05) is 32.0 Å². The molecule has 1 aromatic carbocycles. The van der Waals surface area contributed by atoms with E-state index in [-0.39, 0.29) is 24.0 Å². The number of benzene rings is 1. The predicted octanol–water partition coefficient (Wildman–Crippen LogP) is 2.95. The third-order valence-electron chi connectivity index (χ3n) is 5.18. The summed E-state index contributed by atoms with van der Waals surface area (Å²) in [6.45, 7) is 11.0. The van der Waals surface area contributed by atoms with Crippen LogP contribution in [-0.2, 0) is 0 Å². The number of anilines is 1. The molecule has 1 aromatic rings. The summed E-state index contributed by atoms with van der Waals surface area (Å²) in [6.07, 6.45) is 1.43. The summed E-state index contributed by atoms with van der Waals surface area (Å²) in [6, 6.07) is 8.16. The molecule has 0 bridgehead atoms. The third kappa shape index (κ3) is 6.41. The lowest BCUT2D eigenvalue weighted by Crippen LogP contribution is -2.53. The molecule has 1 saturated heterocycles. The molecule has 154 valence electrons. The number of methoxy groups -OCH3 is 1. The van der Waals surface area contributed by atoms with Crippen LogP contribution in [0.4, 0.5) is 5.69 Å². The zero-order valence-corrected chi connectivity index (χ0v) is 19.4. The van der Waals surface area contributed by atoms with E-state index < -0.39 is 5.60 Å². The first kappa shape index (κ1) is 23.8. The maximum Gasteiger partial charge on any atom is 0.194 e. The molecule has 6 nitrogen and oxygen atoms in total. The van der Waals surface area contributed by atoms with E-state index >= 15 is 0 Å². The summed E-state index contributed by atoms with van der Waals surface area (Å²) in [4.78, 5) is 9.35. The highest BCUT2D eigenvalue weighted by Crippen LogP contribution is 2.28. The van der Waals surface area contributed by atoms with E-state index in [2.05, 4.69) is 28.1 Å². The lowest BCUT2D eigenvalue weighted by Gasteiger charge is -2.38. The lowest BCUT2D eigenvalue weighted by atomic mass is 9.98. The van der Waals surface area contributed by atoms with Gasteiger partial charge in [0, 0.05) is 32.7 Å².